The molecule has 7 nitrogen and oxygen atoms in total. The van der Waals surface area contributed by atoms with Crippen molar-refractivity contribution in [3.05, 3.63) is 87.4 Å². The molecule has 0 unspecified atom stereocenters. The Morgan fingerprint density at radius 2 is 1.71 bits per heavy atom. The zero-order valence-electron chi connectivity index (χ0n) is 19.7. The topological polar surface area (TPSA) is 84.9 Å². The van der Waals surface area contributed by atoms with Crippen LogP contribution in [0.4, 0.5) is 5.69 Å². The molecule has 35 heavy (non-hydrogen) atoms. The van der Waals surface area contributed by atoms with E-state index in [2.05, 4.69) is 5.32 Å². The molecule has 0 aliphatic carbocycles. The third-order valence-electron chi connectivity index (χ3n) is 5.39. The number of halogens is 2. The van der Waals surface area contributed by atoms with Crippen LogP contribution in [0.25, 0.3) is 0 Å². The van der Waals surface area contributed by atoms with Crippen molar-refractivity contribution in [3.63, 3.8) is 0 Å². The Bertz CT molecular complexity index is 1310. The number of methoxy groups -OCH3 is 2. The van der Waals surface area contributed by atoms with Crippen LogP contribution in [0.2, 0.25) is 10.0 Å². The van der Waals surface area contributed by atoms with Crippen molar-refractivity contribution in [1.29, 1.82) is 0 Å². The van der Waals surface area contributed by atoms with Crippen molar-refractivity contribution >= 4 is 44.8 Å². The molecule has 0 bridgehead atoms. The van der Waals surface area contributed by atoms with Crippen molar-refractivity contribution in [2.24, 2.45) is 0 Å². The molecule has 0 saturated carbocycles. The van der Waals surface area contributed by atoms with Crippen LogP contribution in [0.15, 0.2) is 60.7 Å². The van der Waals surface area contributed by atoms with Crippen molar-refractivity contribution in [3.8, 4) is 11.5 Å². The second-order valence-electron chi connectivity index (χ2n) is 7.84. The normalized spacial score (nSPS) is 12.1. The lowest BCUT2D eigenvalue weighted by Gasteiger charge is -2.24. The molecule has 186 valence electrons. The number of rotatable bonds is 9. The summed E-state index contributed by atoms with van der Waals surface area (Å²) in [5.41, 5.74) is 2.16. The predicted octanol–water partition coefficient (Wildman–Crippen LogP) is 5.47. The minimum atomic E-state index is -3.65. The Morgan fingerprint density at radius 3 is 2.31 bits per heavy atom. The summed E-state index contributed by atoms with van der Waals surface area (Å²) in [5, 5.41) is 3.36. The van der Waals surface area contributed by atoms with Gasteiger partial charge in [-0.3, -0.25) is 9.10 Å². The van der Waals surface area contributed by atoms with E-state index in [-0.39, 0.29) is 34.2 Å². The first kappa shape index (κ1) is 26.7. The summed E-state index contributed by atoms with van der Waals surface area (Å²) in [6.45, 7) is 1.88. The third-order valence-corrected chi connectivity index (χ3v) is 7.33. The van der Waals surface area contributed by atoms with Crippen molar-refractivity contribution in [1.82, 2.24) is 5.32 Å². The van der Waals surface area contributed by atoms with Crippen LogP contribution in [-0.2, 0) is 16.6 Å². The summed E-state index contributed by atoms with van der Waals surface area (Å²) in [4.78, 5) is 12.9. The molecule has 0 aliphatic heterocycles. The highest BCUT2D eigenvalue weighted by Crippen LogP contribution is 2.34. The number of benzene rings is 3. The van der Waals surface area contributed by atoms with Crippen molar-refractivity contribution in [2.45, 2.75) is 19.5 Å². The fraction of sp³-hybridized carbons (Fsp3) is 0.240. The summed E-state index contributed by atoms with van der Waals surface area (Å²) in [7, 11) is -0.516. The average Bonchev–Trinajstić information content (AvgIpc) is 2.83. The highest BCUT2D eigenvalue weighted by molar-refractivity contribution is 7.92. The van der Waals surface area contributed by atoms with Gasteiger partial charge in [0.25, 0.3) is 5.91 Å². The van der Waals surface area contributed by atoms with Crippen LogP contribution in [0.3, 0.4) is 0 Å². The first-order valence-corrected chi connectivity index (χ1v) is 13.2. The Balaban J connectivity index is 1.78. The molecule has 1 N–H and O–H groups in total. The number of anilines is 1. The van der Waals surface area contributed by atoms with Gasteiger partial charge in [0.1, 0.15) is 11.5 Å². The predicted molar refractivity (Wildman–Crippen MR) is 139 cm³/mol. The Kier molecular flexibility index (Phi) is 8.53. The number of amides is 1. The zero-order valence-corrected chi connectivity index (χ0v) is 22.0. The van der Waals surface area contributed by atoms with E-state index in [0.29, 0.717) is 22.6 Å². The Hall–Kier alpha value is -2.94. The Labute approximate surface area is 215 Å². The summed E-state index contributed by atoms with van der Waals surface area (Å²) in [6, 6.07) is 16.5. The van der Waals surface area contributed by atoms with Gasteiger partial charge in [0, 0.05) is 11.1 Å². The molecule has 10 heteroatoms. The Morgan fingerprint density at radius 1 is 1.03 bits per heavy atom. The van der Waals surface area contributed by atoms with E-state index >= 15 is 0 Å². The van der Waals surface area contributed by atoms with Gasteiger partial charge in [0.15, 0.2) is 0 Å². The highest BCUT2D eigenvalue weighted by atomic mass is 35.5. The van der Waals surface area contributed by atoms with Gasteiger partial charge < -0.3 is 14.8 Å². The summed E-state index contributed by atoms with van der Waals surface area (Å²) in [5.74, 6) is 1.00. The lowest BCUT2D eigenvalue weighted by atomic mass is 10.1. The van der Waals surface area contributed by atoms with Gasteiger partial charge in [-0.1, -0.05) is 41.4 Å². The van der Waals surface area contributed by atoms with Gasteiger partial charge in [0.05, 0.1) is 48.8 Å². The van der Waals surface area contributed by atoms with Gasteiger partial charge in [-0.2, -0.15) is 0 Å². The SMILES string of the molecule is COc1ccc(OC)c([C@H](C)NC(=O)c2ccc(CN(c3cccc(Cl)c3Cl)S(C)(=O)=O)cc2)c1. The first-order chi connectivity index (χ1) is 16.5. The fourth-order valence-corrected chi connectivity index (χ4v) is 4.87. The lowest BCUT2D eigenvalue weighted by Crippen LogP contribution is -2.30. The standard InChI is InChI=1S/C25H26Cl2N2O5S/c1-16(20-14-19(33-2)12-13-23(20)34-3)28-25(30)18-10-8-17(9-11-18)15-29(35(4,31)32)22-7-5-6-21(26)24(22)27/h5-14,16H,15H2,1-4H3,(H,28,30)/t16-/m0/s1. The molecule has 3 rings (SSSR count). The van der Waals surface area contributed by atoms with Crippen LogP contribution < -0.4 is 19.1 Å². The minimum Gasteiger partial charge on any atom is -0.497 e. The van der Waals surface area contributed by atoms with Crippen LogP contribution in [0.5, 0.6) is 11.5 Å². The maximum Gasteiger partial charge on any atom is 0.251 e. The van der Waals surface area contributed by atoms with Crippen LogP contribution in [0.1, 0.15) is 34.5 Å². The fourth-order valence-electron chi connectivity index (χ4n) is 3.53. The molecule has 0 fully saturated rings. The van der Waals surface area contributed by atoms with E-state index in [9.17, 15) is 13.2 Å². The molecular formula is C25H26Cl2N2O5S. The van der Waals surface area contributed by atoms with Gasteiger partial charge in [-0.05, 0) is 55.0 Å². The molecule has 3 aromatic carbocycles. The number of ether oxygens (including phenoxy) is 2. The molecule has 0 saturated heterocycles. The molecule has 0 spiro atoms. The maximum atomic E-state index is 12.9. The second-order valence-corrected chi connectivity index (χ2v) is 10.5. The number of carbonyl (C=O) groups is 1. The van der Waals surface area contributed by atoms with E-state index < -0.39 is 10.0 Å². The van der Waals surface area contributed by atoms with E-state index in [1.807, 2.05) is 13.0 Å². The quantitative estimate of drug-likeness (QED) is 0.392. The molecule has 0 radical (unpaired) electrons. The number of sulfonamides is 1. The van der Waals surface area contributed by atoms with Gasteiger partial charge in [-0.25, -0.2) is 8.42 Å². The third kappa shape index (κ3) is 6.39. The molecule has 1 atom stereocenters. The van der Waals surface area contributed by atoms with Crippen LogP contribution >= 0.6 is 23.2 Å². The number of hydrogen-bond donors (Lipinski definition) is 1. The summed E-state index contributed by atoms with van der Waals surface area (Å²) >= 11 is 12.3. The van der Waals surface area contributed by atoms with E-state index in [0.717, 1.165) is 11.8 Å². The molecule has 0 aliphatic rings. The van der Waals surface area contributed by atoms with Crippen LogP contribution in [-0.4, -0.2) is 34.8 Å². The second kappa shape index (κ2) is 11.2. The molecule has 1 amide bonds. The molecule has 3 aromatic rings. The summed E-state index contributed by atoms with van der Waals surface area (Å²) in [6.07, 6.45) is 1.10. The highest BCUT2D eigenvalue weighted by Gasteiger charge is 2.22. The van der Waals surface area contributed by atoms with Gasteiger partial charge >= 0.3 is 0 Å². The molecule has 0 aromatic heterocycles. The molecule has 0 heterocycles. The van der Waals surface area contributed by atoms with Gasteiger partial charge in [0.2, 0.25) is 10.0 Å². The van der Waals surface area contributed by atoms with Crippen molar-refractivity contribution in [2.75, 3.05) is 24.8 Å². The van der Waals surface area contributed by atoms with E-state index in [1.165, 1.54) is 4.31 Å². The van der Waals surface area contributed by atoms with Crippen LogP contribution in [0, 0.1) is 0 Å². The average molecular weight is 537 g/mol. The van der Waals surface area contributed by atoms with Gasteiger partial charge in [-0.15, -0.1) is 0 Å². The number of carbonyl (C=O) groups excluding carboxylic acids is 1. The van der Waals surface area contributed by atoms with E-state index in [4.69, 9.17) is 32.7 Å². The number of hydrogen-bond acceptors (Lipinski definition) is 5. The monoisotopic (exact) mass is 536 g/mol. The summed E-state index contributed by atoms with van der Waals surface area (Å²) < 4.78 is 36.8. The lowest BCUT2D eigenvalue weighted by molar-refractivity contribution is 0.0939. The number of nitrogens with one attached hydrogen (secondary N) is 1. The largest absolute Gasteiger partial charge is 0.497 e. The smallest absolute Gasteiger partial charge is 0.251 e. The maximum absolute atomic E-state index is 12.9. The number of nitrogens with zero attached hydrogens (tertiary/aromatic N) is 1. The molecular weight excluding hydrogens is 511 g/mol. The van der Waals surface area contributed by atoms with Crippen molar-refractivity contribution < 1.29 is 22.7 Å². The first-order valence-electron chi connectivity index (χ1n) is 10.6. The zero-order chi connectivity index (χ0) is 25.8. The minimum absolute atomic E-state index is 0.0260. The van der Waals surface area contributed by atoms with E-state index in [1.54, 1.807) is 68.8 Å².